The van der Waals surface area contributed by atoms with Crippen LogP contribution in [0.2, 0.25) is 0 Å². The van der Waals surface area contributed by atoms with Crippen LogP contribution in [-0.4, -0.2) is 38.4 Å². The molecule has 8 nitrogen and oxygen atoms in total. The Labute approximate surface area is 104 Å². The molecule has 1 atom stereocenters. The van der Waals surface area contributed by atoms with Crippen LogP contribution in [0.4, 0.5) is 5.69 Å². The van der Waals surface area contributed by atoms with Gasteiger partial charge in [-0.25, -0.2) is 0 Å². The number of nitrogens with one attached hydrogen (secondary N) is 1. The van der Waals surface area contributed by atoms with Gasteiger partial charge in [-0.05, 0) is 6.42 Å². The molecule has 0 bridgehead atoms. The first-order chi connectivity index (χ1) is 8.52. The molecular weight excluding hydrogens is 240 g/mol. The minimum atomic E-state index is -0.577. The zero-order valence-electron chi connectivity index (χ0n) is 10.1. The molecule has 0 fully saturated rings. The SMILES string of the molecule is CCCC(O)CNC(=O)Cn1cc([N+](=O)[O-])cn1. The zero-order valence-corrected chi connectivity index (χ0v) is 10.1. The van der Waals surface area contributed by atoms with E-state index in [0.29, 0.717) is 6.42 Å². The monoisotopic (exact) mass is 256 g/mol. The fourth-order valence-corrected chi connectivity index (χ4v) is 1.40. The summed E-state index contributed by atoms with van der Waals surface area (Å²) in [6.45, 7) is 2.01. The average molecular weight is 256 g/mol. The van der Waals surface area contributed by atoms with Crippen LogP contribution in [0.25, 0.3) is 0 Å². The van der Waals surface area contributed by atoms with Crippen LogP contribution in [-0.2, 0) is 11.3 Å². The summed E-state index contributed by atoms with van der Waals surface area (Å²) in [6, 6.07) is 0. The molecule has 0 aliphatic carbocycles. The molecule has 0 saturated heterocycles. The van der Waals surface area contributed by atoms with E-state index in [1.54, 1.807) is 0 Å². The second-order valence-electron chi connectivity index (χ2n) is 3.90. The Hall–Kier alpha value is -1.96. The maximum Gasteiger partial charge on any atom is 0.307 e. The van der Waals surface area contributed by atoms with Gasteiger partial charge in [-0.15, -0.1) is 0 Å². The van der Waals surface area contributed by atoms with Crippen molar-refractivity contribution in [3.05, 3.63) is 22.5 Å². The predicted octanol–water partition coefficient (Wildman–Crippen LogP) is 0.0685. The summed E-state index contributed by atoms with van der Waals surface area (Å²) in [4.78, 5) is 21.3. The predicted molar refractivity (Wildman–Crippen MR) is 62.8 cm³/mol. The molecule has 1 amide bonds. The first-order valence-electron chi connectivity index (χ1n) is 5.64. The number of hydrogen-bond acceptors (Lipinski definition) is 5. The van der Waals surface area contributed by atoms with Crippen LogP contribution in [0.3, 0.4) is 0 Å². The summed E-state index contributed by atoms with van der Waals surface area (Å²) in [6.07, 6.45) is 3.16. The van der Waals surface area contributed by atoms with Gasteiger partial charge in [0, 0.05) is 6.54 Å². The van der Waals surface area contributed by atoms with E-state index in [-0.39, 0.29) is 24.7 Å². The van der Waals surface area contributed by atoms with Gasteiger partial charge in [-0.3, -0.25) is 19.6 Å². The van der Waals surface area contributed by atoms with Crippen LogP contribution in [0.15, 0.2) is 12.4 Å². The molecule has 0 radical (unpaired) electrons. The molecule has 0 aliphatic rings. The van der Waals surface area contributed by atoms with Crippen molar-refractivity contribution in [2.45, 2.75) is 32.4 Å². The highest BCUT2D eigenvalue weighted by Gasteiger charge is 2.11. The molecule has 1 unspecified atom stereocenters. The van der Waals surface area contributed by atoms with Crippen LogP contribution >= 0.6 is 0 Å². The van der Waals surface area contributed by atoms with Gasteiger partial charge < -0.3 is 10.4 Å². The summed E-state index contributed by atoms with van der Waals surface area (Å²) in [7, 11) is 0. The van der Waals surface area contributed by atoms with Crippen molar-refractivity contribution in [3.63, 3.8) is 0 Å². The Balaban J connectivity index is 2.37. The highest BCUT2D eigenvalue weighted by atomic mass is 16.6. The number of aromatic nitrogens is 2. The summed E-state index contributed by atoms with van der Waals surface area (Å²) >= 11 is 0. The summed E-state index contributed by atoms with van der Waals surface area (Å²) in [5.74, 6) is -0.344. The lowest BCUT2D eigenvalue weighted by Gasteiger charge is -2.10. The van der Waals surface area contributed by atoms with Crippen molar-refractivity contribution in [2.24, 2.45) is 0 Å². The number of carbonyl (C=O) groups is 1. The number of nitro groups is 1. The molecule has 18 heavy (non-hydrogen) atoms. The molecule has 1 heterocycles. The van der Waals surface area contributed by atoms with Gasteiger partial charge in [0.1, 0.15) is 18.9 Å². The molecule has 0 aromatic carbocycles. The van der Waals surface area contributed by atoms with Crippen molar-refractivity contribution in [1.82, 2.24) is 15.1 Å². The Bertz CT molecular complexity index is 418. The van der Waals surface area contributed by atoms with E-state index in [2.05, 4.69) is 10.4 Å². The van der Waals surface area contributed by atoms with Crippen LogP contribution in [0.1, 0.15) is 19.8 Å². The lowest BCUT2D eigenvalue weighted by Crippen LogP contribution is -2.34. The third-order valence-electron chi connectivity index (χ3n) is 2.29. The van der Waals surface area contributed by atoms with E-state index in [1.165, 1.54) is 10.9 Å². The van der Waals surface area contributed by atoms with Crippen molar-refractivity contribution >= 4 is 11.6 Å². The third kappa shape index (κ3) is 4.50. The Morgan fingerprint density at radius 1 is 1.72 bits per heavy atom. The van der Waals surface area contributed by atoms with Crippen molar-refractivity contribution in [3.8, 4) is 0 Å². The van der Waals surface area contributed by atoms with Gasteiger partial charge in [0.2, 0.25) is 5.91 Å². The van der Waals surface area contributed by atoms with Crippen molar-refractivity contribution < 1.29 is 14.8 Å². The van der Waals surface area contributed by atoms with Gasteiger partial charge in [0.25, 0.3) is 0 Å². The van der Waals surface area contributed by atoms with Gasteiger partial charge >= 0.3 is 5.69 Å². The first kappa shape index (κ1) is 14.1. The summed E-state index contributed by atoms with van der Waals surface area (Å²) in [5, 5.41) is 26.0. The standard InChI is InChI=1S/C10H16N4O4/c1-2-3-9(15)5-11-10(16)7-13-6-8(4-12-13)14(17)18/h4,6,9,15H,2-3,5,7H2,1H3,(H,11,16). The van der Waals surface area contributed by atoms with E-state index >= 15 is 0 Å². The molecule has 2 N–H and O–H groups in total. The molecule has 1 aromatic heterocycles. The minimum Gasteiger partial charge on any atom is -0.391 e. The van der Waals surface area contributed by atoms with E-state index in [9.17, 15) is 20.0 Å². The summed E-state index contributed by atoms with van der Waals surface area (Å²) < 4.78 is 1.18. The second kappa shape index (κ2) is 6.70. The van der Waals surface area contributed by atoms with Crippen molar-refractivity contribution in [1.29, 1.82) is 0 Å². The fourth-order valence-electron chi connectivity index (χ4n) is 1.40. The molecule has 0 saturated carbocycles. The molecule has 1 rings (SSSR count). The average Bonchev–Trinajstić information content (AvgIpc) is 2.75. The number of nitrogens with zero attached hydrogens (tertiary/aromatic N) is 3. The molecule has 100 valence electrons. The number of aliphatic hydroxyl groups excluding tert-OH is 1. The Morgan fingerprint density at radius 3 is 3.00 bits per heavy atom. The highest BCUT2D eigenvalue weighted by molar-refractivity contribution is 5.75. The Morgan fingerprint density at radius 2 is 2.44 bits per heavy atom. The van der Waals surface area contributed by atoms with Crippen molar-refractivity contribution in [2.75, 3.05) is 6.54 Å². The number of amides is 1. The van der Waals surface area contributed by atoms with Gasteiger partial charge in [0.05, 0.1) is 11.0 Å². The topological polar surface area (TPSA) is 110 Å². The fraction of sp³-hybridized carbons (Fsp3) is 0.600. The lowest BCUT2D eigenvalue weighted by molar-refractivity contribution is -0.385. The molecule has 8 heteroatoms. The Kier molecular flexibility index (Phi) is 5.25. The highest BCUT2D eigenvalue weighted by Crippen LogP contribution is 2.07. The maximum absolute atomic E-state index is 11.4. The smallest absolute Gasteiger partial charge is 0.307 e. The van der Waals surface area contributed by atoms with E-state index < -0.39 is 11.0 Å². The number of carbonyl (C=O) groups excluding carboxylic acids is 1. The van der Waals surface area contributed by atoms with Crippen LogP contribution in [0, 0.1) is 10.1 Å². The quantitative estimate of drug-likeness (QED) is 0.529. The normalized spacial score (nSPS) is 12.1. The number of hydrogen-bond donors (Lipinski definition) is 2. The lowest BCUT2D eigenvalue weighted by atomic mass is 10.2. The third-order valence-corrected chi connectivity index (χ3v) is 2.29. The molecule has 0 spiro atoms. The largest absolute Gasteiger partial charge is 0.391 e. The van der Waals surface area contributed by atoms with E-state index in [0.717, 1.165) is 12.6 Å². The van der Waals surface area contributed by atoms with E-state index in [1.807, 2.05) is 6.92 Å². The van der Waals surface area contributed by atoms with E-state index in [4.69, 9.17) is 0 Å². The summed E-state index contributed by atoms with van der Waals surface area (Å²) in [5.41, 5.74) is -0.159. The number of aliphatic hydroxyl groups is 1. The van der Waals surface area contributed by atoms with Crippen LogP contribution < -0.4 is 5.32 Å². The van der Waals surface area contributed by atoms with Crippen LogP contribution in [0.5, 0.6) is 0 Å². The molecule has 1 aromatic rings. The number of rotatable bonds is 7. The zero-order chi connectivity index (χ0) is 13.5. The molecule has 0 aliphatic heterocycles. The first-order valence-corrected chi connectivity index (χ1v) is 5.64. The van der Waals surface area contributed by atoms with Gasteiger partial charge in [0.15, 0.2) is 0 Å². The molecular formula is C10H16N4O4. The van der Waals surface area contributed by atoms with Gasteiger partial charge in [-0.1, -0.05) is 13.3 Å². The maximum atomic E-state index is 11.4. The minimum absolute atomic E-state index is 0.104. The second-order valence-corrected chi connectivity index (χ2v) is 3.90. The van der Waals surface area contributed by atoms with Gasteiger partial charge in [-0.2, -0.15) is 5.10 Å².